The number of para-hydroxylation sites is 1. The van der Waals surface area contributed by atoms with Crippen LogP contribution >= 0.6 is 24.0 Å². The number of rotatable bonds is 6. The van der Waals surface area contributed by atoms with Gasteiger partial charge >= 0.3 is 0 Å². The lowest BCUT2D eigenvalue weighted by Gasteiger charge is -2.32. The van der Waals surface area contributed by atoms with Gasteiger partial charge in [-0.2, -0.15) is 0 Å². The highest BCUT2D eigenvalue weighted by Gasteiger charge is 2.30. The van der Waals surface area contributed by atoms with Crippen LogP contribution in [0.1, 0.15) is 25.3 Å². The quantitative estimate of drug-likeness (QED) is 0.271. The molecule has 0 bridgehead atoms. The summed E-state index contributed by atoms with van der Waals surface area (Å²) < 4.78 is 5.50. The summed E-state index contributed by atoms with van der Waals surface area (Å²) in [5.74, 6) is 1.08. The maximum absolute atomic E-state index is 5.50. The van der Waals surface area contributed by atoms with Crippen LogP contribution in [-0.2, 0) is 11.2 Å². The zero-order chi connectivity index (χ0) is 19.2. The van der Waals surface area contributed by atoms with Crippen molar-refractivity contribution in [1.82, 2.24) is 20.1 Å². The first-order chi connectivity index (χ1) is 13.8. The third kappa shape index (κ3) is 5.64. The van der Waals surface area contributed by atoms with Crippen molar-refractivity contribution < 1.29 is 4.74 Å². The fourth-order valence-electron chi connectivity index (χ4n) is 4.39. The van der Waals surface area contributed by atoms with Crippen molar-refractivity contribution in [3.63, 3.8) is 0 Å². The van der Waals surface area contributed by atoms with Gasteiger partial charge in [0.2, 0.25) is 0 Å². The van der Waals surface area contributed by atoms with E-state index >= 15 is 0 Å². The molecule has 2 fully saturated rings. The summed E-state index contributed by atoms with van der Waals surface area (Å²) in [5, 5.41) is 4.84. The summed E-state index contributed by atoms with van der Waals surface area (Å²) >= 11 is 0. The van der Waals surface area contributed by atoms with Gasteiger partial charge in [0.05, 0.1) is 13.2 Å². The Bertz CT molecular complexity index is 786. The highest BCUT2D eigenvalue weighted by Crippen LogP contribution is 2.19. The maximum Gasteiger partial charge on any atom is 0.193 e. The number of fused-ring (bicyclic) bond motifs is 1. The molecule has 0 aliphatic carbocycles. The zero-order valence-electron chi connectivity index (χ0n) is 17.4. The van der Waals surface area contributed by atoms with Gasteiger partial charge in [-0.1, -0.05) is 18.2 Å². The van der Waals surface area contributed by atoms with Gasteiger partial charge in [-0.3, -0.25) is 9.89 Å². The van der Waals surface area contributed by atoms with Crippen LogP contribution in [0.25, 0.3) is 10.9 Å². The Morgan fingerprint density at radius 1 is 1.24 bits per heavy atom. The molecule has 1 aromatic carbocycles. The summed E-state index contributed by atoms with van der Waals surface area (Å²) in [6.45, 7) is 9.98. The van der Waals surface area contributed by atoms with Crippen LogP contribution in [-0.4, -0.2) is 79.3 Å². The lowest BCUT2D eigenvalue weighted by molar-refractivity contribution is 0.0195. The van der Waals surface area contributed by atoms with Crippen molar-refractivity contribution in [2.45, 2.75) is 32.2 Å². The number of nitrogens with one attached hydrogen (secondary N) is 2. The van der Waals surface area contributed by atoms with Crippen LogP contribution < -0.4 is 5.32 Å². The number of halogens is 1. The largest absolute Gasteiger partial charge is 0.379 e. The summed E-state index contributed by atoms with van der Waals surface area (Å²) in [6.07, 6.45) is 5.49. The van der Waals surface area contributed by atoms with E-state index in [1.54, 1.807) is 0 Å². The molecule has 0 spiro atoms. The molecule has 1 aromatic heterocycles. The number of aromatic amines is 1. The number of H-pyrrole nitrogens is 1. The molecule has 7 heteroatoms. The van der Waals surface area contributed by atoms with Gasteiger partial charge in [-0.05, 0) is 37.8 Å². The third-order valence-electron chi connectivity index (χ3n) is 5.90. The van der Waals surface area contributed by atoms with E-state index in [0.29, 0.717) is 6.04 Å². The molecule has 1 unspecified atom stereocenters. The first kappa shape index (κ1) is 22.4. The molecule has 2 aromatic rings. The van der Waals surface area contributed by atoms with Crippen molar-refractivity contribution in [3.05, 3.63) is 36.0 Å². The van der Waals surface area contributed by atoms with E-state index in [2.05, 4.69) is 57.5 Å². The molecule has 29 heavy (non-hydrogen) atoms. The van der Waals surface area contributed by atoms with Gasteiger partial charge in [0, 0.05) is 62.4 Å². The normalized spacial score (nSPS) is 20.8. The Hall–Kier alpha value is -1.32. The number of ether oxygens (including phenoxy) is 1. The molecule has 2 saturated heterocycles. The first-order valence-corrected chi connectivity index (χ1v) is 10.7. The van der Waals surface area contributed by atoms with E-state index in [1.807, 2.05) is 0 Å². The molecule has 160 valence electrons. The van der Waals surface area contributed by atoms with Gasteiger partial charge in [0.15, 0.2) is 5.96 Å². The number of aryl methyl sites for hydroxylation is 1. The Morgan fingerprint density at radius 2 is 2.07 bits per heavy atom. The Labute approximate surface area is 191 Å². The molecule has 0 amide bonds. The Kier molecular flexibility index (Phi) is 8.62. The smallest absolute Gasteiger partial charge is 0.193 e. The van der Waals surface area contributed by atoms with E-state index in [9.17, 15) is 0 Å². The van der Waals surface area contributed by atoms with Crippen LogP contribution in [0.5, 0.6) is 0 Å². The third-order valence-corrected chi connectivity index (χ3v) is 5.90. The lowest BCUT2D eigenvalue weighted by atomic mass is 10.1. The lowest BCUT2D eigenvalue weighted by Crippen LogP contribution is -2.46. The molecular weight excluding hydrogens is 477 g/mol. The van der Waals surface area contributed by atoms with Gasteiger partial charge in [0.25, 0.3) is 0 Å². The monoisotopic (exact) mass is 511 g/mol. The van der Waals surface area contributed by atoms with Crippen molar-refractivity contribution in [1.29, 1.82) is 0 Å². The standard InChI is InChI=1S/C22H33N5O.HI/c1-2-23-22(27-11-9-19(17-27)26-12-14-28-15-13-26)24-10-5-6-18-16-25-21-8-4-3-7-20(18)21;/h3-4,7-8,16,19,25H,2,5-6,9-15,17H2,1H3,(H,23,24);1H. The van der Waals surface area contributed by atoms with Crippen molar-refractivity contribution in [2.24, 2.45) is 4.99 Å². The summed E-state index contributed by atoms with van der Waals surface area (Å²) in [7, 11) is 0. The van der Waals surface area contributed by atoms with Gasteiger partial charge < -0.3 is 19.9 Å². The number of hydrogen-bond acceptors (Lipinski definition) is 3. The van der Waals surface area contributed by atoms with Crippen molar-refractivity contribution in [2.75, 3.05) is 52.5 Å². The number of aromatic nitrogens is 1. The molecule has 2 aliphatic rings. The average Bonchev–Trinajstić information content (AvgIpc) is 3.39. The van der Waals surface area contributed by atoms with Gasteiger partial charge in [-0.25, -0.2) is 0 Å². The minimum atomic E-state index is 0. The predicted molar refractivity (Wildman–Crippen MR) is 130 cm³/mol. The number of morpholine rings is 1. The second kappa shape index (κ2) is 11.2. The topological polar surface area (TPSA) is 55.9 Å². The molecular formula is C22H34IN5O. The SMILES string of the molecule is CCNC(=NCCCc1c[nH]c2ccccc12)N1CCC(N2CCOCC2)C1.I. The number of aliphatic imine (C=N–C) groups is 1. The minimum Gasteiger partial charge on any atom is -0.379 e. The van der Waals surface area contributed by atoms with Crippen LogP contribution in [0.4, 0.5) is 0 Å². The predicted octanol–water partition coefficient (Wildman–Crippen LogP) is 3.09. The number of benzene rings is 1. The second-order valence-electron chi connectivity index (χ2n) is 7.74. The van der Waals surface area contributed by atoms with Crippen LogP contribution in [0.3, 0.4) is 0 Å². The van der Waals surface area contributed by atoms with E-state index in [4.69, 9.17) is 9.73 Å². The van der Waals surface area contributed by atoms with Crippen molar-refractivity contribution in [3.8, 4) is 0 Å². The number of nitrogens with zero attached hydrogens (tertiary/aromatic N) is 3. The number of likely N-dealkylation sites (tertiary alicyclic amines) is 1. The van der Waals surface area contributed by atoms with Crippen LogP contribution in [0.2, 0.25) is 0 Å². The molecule has 0 radical (unpaired) electrons. The molecule has 3 heterocycles. The highest BCUT2D eigenvalue weighted by molar-refractivity contribution is 14.0. The van der Waals surface area contributed by atoms with Crippen LogP contribution in [0.15, 0.2) is 35.5 Å². The maximum atomic E-state index is 5.50. The summed E-state index contributed by atoms with van der Waals surface area (Å²) in [6, 6.07) is 9.16. The minimum absolute atomic E-state index is 0. The average molecular weight is 511 g/mol. The molecule has 6 nitrogen and oxygen atoms in total. The highest BCUT2D eigenvalue weighted by atomic mass is 127. The van der Waals surface area contributed by atoms with Gasteiger partial charge in [-0.15, -0.1) is 24.0 Å². The second-order valence-corrected chi connectivity index (χ2v) is 7.74. The molecule has 4 rings (SSSR count). The van der Waals surface area contributed by atoms with Crippen molar-refractivity contribution >= 4 is 40.8 Å². The van der Waals surface area contributed by atoms with E-state index in [-0.39, 0.29) is 24.0 Å². The van der Waals surface area contributed by atoms with E-state index in [1.165, 1.54) is 22.9 Å². The zero-order valence-corrected chi connectivity index (χ0v) is 19.7. The first-order valence-electron chi connectivity index (χ1n) is 10.7. The fourth-order valence-corrected chi connectivity index (χ4v) is 4.39. The summed E-state index contributed by atoms with van der Waals surface area (Å²) in [4.78, 5) is 13.3. The number of guanidine groups is 1. The van der Waals surface area contributed by atoms with E-state index < -0.39 is 0 Å². The Morgan fingerprint density at radius 3 is 2.90 bits per heavy atom. The molecule has 2 N–H and O–H groups in total. The van der Waals surface area contributed by atoms with Crippen LogP contribution in [0, 0.1) is 0 Å². The Balaban J connectivity index is 0.00000240. The summed E-state index contributed by atoms with van der Waals surface area (Å²) in [5.41, 5.74) is 2.62. The molecule has 1 atom stereocenters. The fraction of sp³-hybridized carbons (Fsp3) is 0.591. The molecule has 2 aliphatic heterocycles. The molecule has 0 saturated carbocycles. The van der Waals surface area contributed by atoms with E-state index in [0.717, 1.165) is 71.3 Å². The van der Waals surface area contributed by atoms with Gasteiger partial charge in [0.1, 0.15) is 0 Å². The number of hydrogen-bond donors (Lipinski definition) is 2.